The highest BCUT2D eigenvalue weighted by Crippen LogP contribution is 2.36. The van der Waals surface area contributed by atoms with Crippen molar-refractivity contribution in [1.29, 1.82) is 0 Å². The SMILES string of the molecule is CCC(NC(C)c1cc(F)ccc1N1CCC(O)CC1)C1CC1. The molecule has 4 heteroatoms. The summed E-state index contributed by atoms with van der Waals surface area (Å²) in [5.41, 5.74) is 2.16. The standard InChI is InChI=1S/C19H29FN2O/c1-3-18(14-4-5-14)21-13(2)17-12-15(20)6-7-19(17)22-10-8-16(23)9-11-22/h6-7,12-14,16,18,21,23H,3-5,8-11H2,1-2H3. The average molecular weight is 320 g/mol. The van der Waals surface area contributed by atoms with Gasteiger partial charge in [0.25, 0.3) is 0 Å². The van der Waals surface area contributed by atoms with Crippen molar-refractivity contribution in [3.63, 3.8) is 0 Å². The molecule has 1 aromatic rings. The highest BCUT2D eigenvalue weighted by atomic mass is 19.1. The molecule has 0 amide bonds. The van der Waals surface area contributed by atoms with E-state index in [0.29, 0.717) is 6.04 Å². The van der Waals surface area contributed by atoms with Gasteiger partial charge in [-0.2, -0.15) is 0 Å². The zero-order chi connectivity index (χ0) is 16.4. The van der Waals surface area contributed by atoms with Crippen molar-refractivity contribution in [2.75, 3.05) is 18.0 Å². The molecule has 3 nitrogen and oxygen atoms in total. The van der Waals surface area contributed by atoms with Gasteiger partial charge in [0.1, 0.15) is 5.82 Å². The van der Waals surface area contributed by atoms with Gasteiger partial charge in [-0.3, -0.25) is 0 Å². The fourth-order valence-electron chi connectivity index (χ4n) is 3.76. The molecule has 1 aliphatic heterocycles. The lowest BCUT2D eigenvalue weighted by molar-refractivity contribution is 0.145. The van der Waals surface area contributed by atoms with Crippen LogP contribution in [0.15, 0.2) is 18.2 Å². The van der Waals surface area contributed by atoms with Crippen LogP contribution in [0.5, 0.6) is 0 Å². The van der Waals surface area contributed by atoms with Gasteiger partial charge < -0.3 is 15.3 Å². The first kappa shape index (κ1) is 16.7. The molecule has 1 aromatic carbocycles. The molecule has 0 aromatic heterocycles. The quantitative estimate of drug-likeness (QED) is 0.840. The maximum Gasteiger partial charge on any atom is 0.123 e. The average Bonchev–Trinajstić information content (AvgIpc) is 3.38. The van der Waals surface area contributed by atoms with Crippen LogP contribution in [-0.4, -0.2) is 30.3 Å². The summed E-state index contributed by atoms with van der Waals surface area (Å²) in [6.07, 6.45) is 5.15. The predicted octanol–water partition coefficient (Wildman–Crippen LogP) is 3.63. The van der Waals surface area contributed by atoms with E-state index in [1.807, 2.05) is 6.07 Å². The van der Waals surface area contributed by atoms with Crippen molar-refractivity contribution in [2.24, 2.45) is 5.92 Å². The third-order valence-electron chi connectivity index (χ3n) is 5.36. The minimum atomic E-state index is -0.190. The Bertz CT molecular complexity index is 524. The maximum atomic E-state index is 13.8. The molecule has 23 heavy (non-hydrogen) atoms. The number of nitrogens with one attached hydrogen (secondary N) is 1. The Morgan fingerprint density at radius 1 is 1.26 bits per heavy atom. The van der Waals surface area contributed by atoms with Gasteiger partial charge in [0.15, 0.2) is 0 Å². The van der Waals surface area contributed by atoms with Crippen LogP contribution < -0.4 is 10.2 Å². The molecule has 2 atom stereocenters. The molecule has 0 radical (unpaired) electrons. The highest BCUT2D eigenvalue weighted by Gasteiger charge is 2.31. The Balaban J connectivity index is 1.77. The molecule has 1 saturated heterocycles. The number of anilines is 1. The summed E-state index contributed by atoms with van der Waals surface area (Å²) >= 11 is 0. The van der Waals surface area contributed by atoms with Crippen LogP contribution in [0, 0.1) is 11.7 Å². The fourth-order valence-corrected chi connectivity index (χ4v) is 3.76. The second-order valence-electron chi connectivity index (χ2n) is 7.16. The lowest BCUT2D eigenvalue weighted by atomic mass is 10.00. The van der Waals surface area contributed by atoms with E-state index in [-0.39, 0.29) is 18.0 Å². The van der Waals surface area contributed by atoms with Gasteiger partial charge in [-0.25, -0.2) is 4.39 Å². The van der Waals surface area contributed by atoms with Gasteiger partial charge in [0, 0.05) is 30.9 Å². The zero-order valence-corrected chi connectivity index (χ0v) is 14.3. The second kappa shape index (κ2) is 7.18. The molecule has 2 aliphatic rings. The first-order chi connectivity index (χ1) is 11.1. The van der Waals surface area contributed by atoms with Gasteiger partial charge in [0.2, 0.25) is 0 Å². The van der Waals surface area contributed by atoms with Crippen LogP contribution in [0.1, 0.15) is 57.6 Å². The van der Waals surface area contributed by atoms with Gasteiger partial charge in [-0.1, -0.05) is 6.92 Å². The third-order valence-corrected chi connectivity index (χ3v) is 5.36. The lowest BCUT2D eigenvalue weighted by Crippen LogP contribution is -2.38. The number of rotatable bonds is 6. The molecule has 1 saturated carbocycles. The smallest absolute Gasteiger partial charge is 0.123 e. The van der Waals surface area contributed by atoms with Crippen LogP contribution in [0.4, 0.5) is 10.1 Å². The van der Waals surface area contributed by atoms with E-state index < -0.39 is 0 Å². The van der Waals surface area contributed by atoms with E-state index >= 15 is 0 Å². The van der Waals surface area contributed by atoms with E-state index in [1.165, 1.54) is 12.8 Å². The van der Waals surface area contributed by atoms with E-state index in [2.05, 4.69) is 24.1 Å². The van der Waals surface area contributed by atoms with Crippen LogP contribution >= 0.6 is 0 Å². The highest BCUT2D eigenvalue weighted by molar-refractivity contribution is 5.55. The molecular formula is C19H29FN2O. The number of piperidine rings is 1. The number of aliphatic hydroxyl groups is 1. The van der Waals surface area contributed by atoms with E-state index in [1.54, 1.807) is 12.1 Å². The van der Waals surface area contributed by atoms with Crippen molar-refractivity contribution in [3.05, 3.63) is 29.6 Å². The first-order valence-corrected chi connectivity index (χ1v) is 9.07. The second-order valence-corrected chi connectivity index (χ2v) is 7.16. The van der Waals surface area contributed by atoms with Crippen LogP contribution in [-0.2, 0) is 0 Å². The number of hydrogen-bond donors (Lipinski definition) is 2. The largest absolute Gasteiger partial charge is 0.393 e. The number of nitrogens with zero attached hydrogens (tertiary/aromatic N) is 1. The van der Waals surface area contributed by atoms with Gasteiger partial charge >= 0.3 is 0 Å². The summed E-state index contributed by atoms with van der Waals surface area (Å²) in [7, 11) is 0. The van der Waals surface area contributed by atoms with Crippen molar-refractivity contribution in [3.8, 4) is 0 Å². The summed E-state index contributed by atoms with van der Waals surface area (Å²) in [6, 6.07) is 5.80. The molecule has 2 N–H and O–H groups in total. The number of benzene rings is 1. The van der Waals surface area contributed by atoms with Crippen molar-refractivity contribution < 1.29 is 9.50 Å². The molecule has 128 valence electrons. The van der Waals surface area contributed by atoms with E-state index in [0.717, 1.165) is 49.5 Å². The van der Waals surface area contributed by atoms with Gasteiger partial charge in [0.05, 0.1) is 6.10 Å². The Morgan fingerprint density at radius 2 is 1.96 bits per heavy atom. The minimum Gasteiger partial charge on any atom is -0.393 e. The minimum absolute atomic E-state index is 0.137. The molecule has 2 unspecified atom stereocenters. The third kappa shape index (κ3) is 4.04. The van der Waals surface area contributed by atoms with Crippen molar-refractivity contribution >= 4 is 5.69 Å². The lowest BCUT2D eigenvalue weighted by Gasteiger charge is -2.34. The Hall–Kier alpha value is -1.13. The molecule has 0 spiro atoms. The monoisotopic (exact) mass is 320 g/mol. The van der Waals surface area contributed by atoms with E-state index in [4.69, 9.17) is 0 Å². The maximum absolute atomic E-state index is 13.8. The topological polar surface area (TPSA) is 35.5 Å². The molecule has 3 rings (SSSR count). The molecule has 0 bridgehead atoms. The van der Waals surface area contributed by atoms with Gasteiger partial charge in [-0.05, 0) is 68.7 Å². The molecular weight excluding hydrogens is 291 g/mol. The number of aliphatic hydroxyl groups excluding tert-OH is 1. The Morgan fingerprint density at radius 3 is 2.57 bits per heavy atom. The Labute approximate surface area is 138 Å². The first-order valence-electron chi connectivity index (χ1n) is 9.07. The van der Waals surface area contributed by atoms with Crippen molar-refractivity contribution in [1.82, 2.24) is 5.32 Å². The zero-order valence-electron chi connectivity index (χ0n) is 14.3. The number of halogens is 1. The molecule has 2 fully saturated rings. The Kier molecular flexibility index (Phi) is 5.22. The summed E-state index contributed by atoms with van der Waals surface area (Å²) in [6.45, 7) is 6.04. The van der Waals surface area contributed by atoms with Crippen LogP contribution in [0.25, 0.3) is 0 Å². The summed E-state index contributed by atoms with van der Waals surface area (Å²) < 4.78 is 13.8. The molecule has 1 aliphatic carbocycles. The predicted molar refractivity (Wildman–Crippen MR) is 92.2 cm³/mol. The van der Waals surface area contributed by atoms with Crippen LogP contribution in [0.2, 0.25) is 0 Å². The number of hydrogen-bond acceptors (Lipinski definition) is 3. The summed E-state index contributed by atoms with van der Waals surface area (Å²) in [5.74, 6) is 0.624. The van der Waals surface area contributed by atoms with Crippen LogP contribution in [0.3, 0.4) is 0 Å². The fraction of sp³-hybridized carbons (Fsp3) is 0.684. The summed E-state index contributed by atoms with van der Waals surface area (Å²) in [5, 5.41) is 13.4. The summed E-state index contributed by atoms with van der Waals surface area (Å²) in [4.78, 5) is 2.29. The molecule has 1 heterocycles. The van der Waals surface area contributed by atoms with Crippen molar-refractivity contribution in [2.45, 2.75) is 64.1 Å². The van der Waals surface area contributed by atoms with Gasteiger partial charge in [-0.15, -0.1) is 0 Å². The normalized spacial score (nSPS) is 22.2. The van der Waals surface area contributed by atoms with E-state index in [9.17, 15) is 9.50 Å².